The summed E-state index contributed by atoms with van der Waals surface area (Å²) in [5, 5.41) is 9.77. The molecule has 23 heavy (non-hydrogen) atoms. The summed E-state index contributed by atoms with van der Waals surface area (Å²) in [7, 11) is 0. The minimum Gasteiger partial charge on any atom is -0.391 e. The van der Waals surface area contributed by atoms with Crippen LogP contribution in [-0.2, 0) is 12.4 Å². The third-order valence-electron chi connectivity index (χ3n) is 3.57. The Bertz CT molecular complexity index is 569. The van der Waals surface area contributed by atoms with E-state index < -0.39 is 47.0 Å². The van der Waals surface area contributed by atoms with Gasteiger partial charge in [0.05, 0.1) is 23.3 Å². The summed E-state index contributed by atoms with van der Waals surface area (Å²) in [5.74, 6) is -2.09. The van der Waals surface area contributed by atoms with Gasteiger partial charge in [0, 0.05) is 5.56 Å². The van der Waals surface area contributed by atoms with Crippen molar-refractivity contribution in [2.75, 3.05) is 0 Å². The molecule has 0 heterocycles. The van der Waals surface area contributed by atoms with Crippen LogP contribution in [0.4, 0.5) is 30.7 Å². The number of alkyl halides is 6. The summed E-state index contributed by atoms with van der Waals surface area (Å²) in [6.45, 7) is 0. The first-order chi connectivity index (χ1) is 9.93. The quantitative estimate of drug-likeness (QED) is 0.792. The molecule has 3 N–H and O–H groups in total. The maximum absolute atomic E-state index is 13.9. The van der Waals surface area contributed by atoms with E-state index in [2.05, 4.69) is 0 Å². The number of halogens is 8. The molecule has 1 saturated carbocycles. The second-order valence-electron chi connectivity index (χ2n) is 5.27. The second kappa shape index (κ2) is 6.45. The van der Waals surface area contributed by atoms with Crippen molar-refractivity contribution in [3.05, 3.63) is 34.6 Å². The van der Waals surface area contributed by atoms with E-state index in [1.54, 1.807) is 0 Å². The molecule has 0 saturated heterocycles. The SMILES string of the molecule is Cl.N[C@H](c1c(F)cc(C(F)(F)F)cc1C(F)(F)F)[C@@H](O)C1CC1. The van der Waals surface area contributed by atoms with Gasteiger partial charge >= 0.3 is 12.4 Å². The normalized spacial score (nSPS) is 18.3. The first-order valence-electron chi connectivity index (χ1n) is 6.34. The van der Waals surface area contributed by atoms with Crippen LogP contribution in [0.3, 0.4) is 0 Å². The Hall–Kier alpha value is -1.06. The van der Waals surface area contributed by atoms with Crippen LogP contribution >= 0.6 is 12.4 Å². The molecule has 2 nitrogen and oxygen atoms in total. The molecule has 0 aromatic heterocycles. The van der Waals surface area contributed by atoms with Crippen molar-refractivity contribution < 1.29 is 35.8 Å². The fraction of sp³-hybridized carbons (Fsp3) is 0.538. The number of aliphatic hydroxyl groups is 1. The molecule has 0 aliphatic heterocycles. The molecule has 1 aromatic rings. The Balaban J connectivity index is 0.00000264. The zero-order valence-corrected chi connectivity index (χ0v) is 12.2. The average Bonchev–Trinajstić information content (AvgIpc) is 3.18. The number of rotatable bonds is 3. The highest BCUT2D eigenvalue weighted by molar-refractivity contribution is 5.85. The third kappa shape index (κ3) is 4.27. The van der Waals surface area contributed by atoms with Crippen LogP contribution in [0.2, 0.25) is 0 Å². The Morgan fingerprint density at radius 1 is 1.04 bits per heavy atom. The van der Waals surface area contributed by atoms with Gasteiger partial charge in [0.15, 0.2) is 0 Å². The van der Waals surface area contributed by atoms with E-state index >= 15 is 0 Å². The second-order valence-corrected chi connectivity index (χ2v) is 5.27. The highest BCUT2D eigenvalue weighted by atomic mass is 35.5. The summed E-state index contributed by atoms with van der Waals surface area (Å²) < 4.78 is 90.4. The maximum atomic E-state index is 13.9. The highest BCUT2D eigenvalue weighted by Gasteiger charge is 2.43. The molecule has 1 aliphatic rings. The lowest BCUT2D eigenvalue weighted by Crippen LogP contribution is -2.31. The molecule has 10 heteroatoms. The van der Waals surface area contributed by atoms with E-state index in [4.69, 9.17) is 5.73 Å². The van der Waals surface area contributed by atoms with Crippen LogP contribution in [0.5, 0.6) is 0 Å². The van der Waals surface area contributed by atoms with Crippen molar-refractivity contribution in [2.45, 2.75) is 37.3 Å². The van der Waals surface area contributed by atoms with Crippen molar-refractivity contribution in [3.63, 3.8) is 0 Å². The lowest BCUT2D eigenvalue weighted by atomic mass is 9.92. The van der Waals surface area contributed by atoms with Crippen LogP contribution in [0.25, 0.3) is 0 Å². The Morgan fingerprint density at radius 2 is 1.57 bits per heavy atom. The molecule has 1 aromatic carbocycles. The van der Waals surface area contributed by atoms with E-state index in [0.717, 1.165) is 0 Å². The van der Waals surface area contributed by atoms with Gasteiger partial charge < -0.3 is 10.8 Å². The number of benzene rings is 1. The minimum atomic E-state index is -5.22. The molecule has 2 atom stereocenters. The summed E-state index contributed by atoms with van der Waals surface area (Å²) in [4.78, 5) is 0. The van der Waals surface area contributed by atoms with Crippen LogP contribution in [-0.4, -0.2) is 11.2 Å². The van der Waals surface area contributed by atoms with Gasteiger partial charge in [0.25, 0.3) is 0 Å². The maximum Gasteiger partial charge on any atom is 0.416 e. The molecule has 0 unspecified atom stereocenters. The van der Waals surface area contributed by atoms with Gasteiger partial charge in [-0.3, -0.25) is 0 Å². The van der Waals surface area contributed by atoms with Gasteiger partial charge in [-0.25, -0.2) is 4.39 Å². The molecule has 0 radical (unpaired) electrons. The number of aliphatic hydroxyl groups excluding tert-OH is 1. The molecule has 132 valence electrons. The summed E-state index contributed by atoms with van der Waals surface area (Å²) in [6.07, 6.45) is -10.7. The molecule has 0 amide bonds. The van der Waals surface area contributed by atoms with E-state index in [1.807, 2.05) is 0 Å². The molecule has 2 rings (SSSR count). The first-order valence-corrected chi connectivity index (χ1v) is 6.34. The van der Waals surface area contributed by atoms with Crippen molar-refractivity contribution in [3.8, 4) is 0 Å². The lowest BCUT2D eigenvalue weighted by Gasteiger charge is -2.24. The van der Waals surface area contributed by atoms with Gasteiger partial charge in [-0.1, -0.05) is 0 Å². The highest BCUT2D eigenvalue weighted by Crippen LogP contribution is 2.43. The van der Waals surface area contributed by atoms with E-state index in [-0.39, 0.29) is 30.5 Å². The lowest BCUT2D eigenvalue weighted by molar-refractivity contribution is -0.144. The minimum absolute atomic E-state index is 0. The van der Waals surface area contributed by atoms with E-state index in [9.17, 15) is 35.8 Å². The Kier molecular flexibility index (Phi) is 5.60. The summed E-state index contributed by atoms with van der Waals surface area (Å²) in [6, 6.07) is -1.96. The molecule has 1 aliphatic carbocycles. The van der Waals surface area contributed by atoms with Crippen LogP contribution in [0.1, 0.15) is 35.6 Å². The first kappa shape index (κ1) is 20.0. The zero-order chi connectivity index (χ0) is 16.9. The largest absolute Gasteiger partial charge is 0.416 e. The van der Waals surface area contributed by atoms with Crippen LogP contribution in [0.15, 0.2) is 12.1 Å². The summed E-state index contributed by atoms with van der Waals surface area (Å²) >= 11 is 0. The van der Waals surface area contributed by atoms with Gasteiger partial charge in [-0.2, -0.15) is 26.3 Å². The molecule has 0 spiro atoms. The van der Waals surface area contributed by atoms with Crippen LogP contribution in [0, 0.1) is 11.7 Å². The Morgan fingerprint density at radius 3 is 1.96 bits per heavy atom. The van der Waals surface area contributed by atoms with Crippen LogP contribution < -0.4 is 5.73 Å². The topological polar surface area (TPSA) is 46.2 Å². The standard InChI is InChI=1S/C13H12F7NO.ClH/c14-8-4-6(12(15,16)17)3-7(13(18,19)20)9(8)10(21)11(22)5-1-2-5;/h3-5,10-11,22H,1-2,21H2;1H/t10-,11+;/m1./s1. The Labute approximate surface area is 132 Å². The number of nitrogens with two attached hydrogens (primary N) is 1. The molecular weight excluding hydrogens is 355 g/mol. The molecular formula is C13H13ClF7NO. The van der Waals surface area contributed by atoms with Crippen molar-refractivity contribution in [1.29, 1.82) is 0 Å². The van der Waals surface area contributed by atoms with Gasteiger partial charge in [-0.05, 0) is 30.9 Å². The van der Waals surface area contributed by atoms with Gasteiger partial charge in [0.1, 0.15) is 5.82 Å². The van der Waals surface area contributed by atoms with Gasteiger partial charge in [-0.15, -0.1) is 12.4 Å². The fourth-order valence-electron chi connectivity index (χ4n) is 2.26. The summed E-state index contributed by atoms with van der Waals surface area (Å²) in [5.41, 5.74) is 0.758. The average molecular weight is 368 g/mol. The third-order valence-corrected chi connectivity index (χ3v) is 3.57. The van der Waals surface area contributed by atoms with Crippen molar-refractivity contribution in [1.82, 2.24) is 0 Å². The number of hydrogen-bond donors (Lipinski definition) is 2. The fourth-order valence-corrected chi connectivity index (χ4v) is 2.26. The predicted molar refractivity (Wildman–Crippen MR) is 69.3 cm³/mol. The van der Waals surface area contributed by atoms with Crippen molar-refractivity contribution in [2.24, 2.45) is 11.7 Å². The molecule has 0 bridgehead atoms. The van der Waals surface area contributed by atoms with E-state index in [0.29, 0.717) is 12.8 Å². The van der Waals surface area contributed by atoms with E-state index in [1.165, 1.54) is 0 Å². The zero-order valence-electron chi connectivity index (χ0n) is 11.4. The smallest absolute Gasteiger partial charge is 0.391 e. The monoisotopic (exact) mass is 367 g/mol. The number of hydrogen-bond acceptors (Lipinski definition) is 2. The van der Waals surface area contributed by atoms with Gasteiger partial charge in [0.2, 0.25) is 0 Å². The molecule has 1 fully saturated rings. The predicted octanol–water partition coefficient (Wildman–Crippen LogP) is 4.06. The van der Waals surface area contributed by atoms with Crippen molar-refractivity contribution >= 4 is 12.4 Å².